The molecule has 0 unspecified atom stereocenters. The van der Waals surface area contributed by atoms with E-state index in [2.05, 4.69) is 72.8 Å². The van der Waals surface area contributed by atoms with Gasteiger partial charge in [-0.3, -0.25) is 9.59 Å². The van der Waals surface area contributed by atoms with Crippen LogP contribution in [0, 0.1) is 0 Å². The predicted octanol–water partition coefficient (Wildman–Crippen LogP) is 14.5. The first-order valence-corrected chi connectivity index (χ1v) is 27.7. The van der Waals surface area contributed by atoms with Crippen molar-refractivity contribution in [1.29, 1.82) is 0 Å². The third-order valence-corrected chi connectivity index (χ3v) is 20.7. The van der Waals surface area contributed by atoms with Crippen molar-refractivity contribution in [2.75, 3.05) is 28.4 Å². The quantitative estimate of drug-likeness (QED) is 0.107. The van der Waals surface area contributed by atoms with E-state index in [4.69, 9.17) is 38.7 Å². The van der Waals surface area contributed by atoms with Crippen molar-refractivity contribution >= 4 is 38.4 Å². The van der Waals surface area contributed by atoms with Crippen LogP contribution in [0.25, 0.3) is 22.3 Å². The van der Waals surface area contributed by atoms with Crippen molar-refractivity contribution in [2.45, 2.75) is 165 Å². The summed E-state index contributed by atoms with van der Waals surface area (Å²) in [6, 6.07) is 30.6. The van der Waals surface area contributed by atoms with Crippen molar-refractivity contribution in [2.24, 2.45) is 0 Å². The molecule has 0 atom stereocenters. The maximum absolute atomic E-state index is 9.00. The summed E-state index contributed by atoms with van der Waals surface area (Å²) in [7, 11) is 6.71. The van der Waals surface area contributed by atoms with Crippen LogP contribution in [0.5, 0.6) is 23.0 Å². The van der Waals surface area contributed by atoms with Crippen LogP contribution in [-0.2, 0) is 30.0 Å². The maximum atomic E-state index is 9.00. The number of hydrogen-bond acceptors (Lipinski definition) is 6. The zero-order chi connectivity index (χ0) is 47.3. The Morgan fingerprint density at radius 1 is 0.403 bits per heavy atom. The Bertz CT molecular complexity index is 1840. The topological polar surface area (TPSA) is 112 Å². The fourth-order valence-corrected chi connectivity index (χ4v) is 18.8. The number of aliphatic carboxylic acids is 2. The van der Waals surface area contributed by atoms with E-state index >= 15 is 0 Å². The van der Waals surface area contributed by atoms with Gasteiger partial charge in [0.05, 0.1) is 39.6 Å². The number of carboxylic acids is 2. The van der Waals surface area contributed by atoms with Crippen molar-refractivity contribution < 1.29 is 59.2 Å². The van der Waals surface area contributed by atoms with Gasteiger partial charge in [-0.2, -0.15) is 0 Å². The smallest absolute Gasteiger partial charge is 0.300 e. The Hall–Kier alpha value is -3.46. The molecule has 0 bridgehead atoms. The molecule has 0 spiro atoms. The average Bonchev–Trinajstić information content (AvgIpc) is 3.35. The van der Waals surface area contributed by atoms with Gasteiger partial charge in [-0.15, -0.1) is 0 Å². The fourth-order valence-electron chi connectivity index (χ4n) is 10.9. The second kappa shape index (κ2) is 30.2. The number of ether oxygens (including phenoxy) is 4. The molecule has 11 heteroatoms. The van der Waals surface area contributed by atoms with E-state index in [0.29, 0.717) is 0 Å². The molecule has 4 aliphatic rings. The van der Waals surface area contributed by atoms with Gasteiger partial charge in [-0.1, -0.05) is 154 Å². The number of carboxylic acid groups (broad SMARTS) is 2. The summed E-state index contributed by atoms with van der Waals surface area (Å²) < 4.78 is 23.2. The summed E-state index contributed by atoms with van der Waals surface area (Å²) in [5, 5.41) is 18.0. The Kier molecular flexibility index (Phi) is 25.3. The minimum atomic E-state index is -0.833. The third kappa shape index (κ3) is 16.3. The molecule has 370 valence electrons. The van der Waals surface area contributed by atoms with Crippen LogP contribution < -0.4 is 29.6 Å². The molecule has 2 N–H and O–H groups in total. The van der Waals surface area contributed by atoms with Crippen LogP contribution in [0.15, 0.2) is 84.9 Å². The van der Waals surface area contributed by atoms with Gasteiger partial charge in [0, 0.05) is 34.3 Å². The van der Waals surface area contributed by atoms with E-state index in [1.165, 1.54) is 140 Å². The zero-order valence-corrected chi connectivity index (χ0v) is 44.4. The largest absolute Gasteiger partial charge is 0.496 e. The Balaban J connectivity index is 0.000000249. The number of rotatable bonds is 12. The first-order valence-electron chi connectivity index (χ1n) is 24.7. The van der Waals surface area contributed by atoms with E-state index in [1.54, 1.807) is 39.0 Å². The molecular weight excluding hydrogens is 969 g/mol. The van der Waals surface area contributed by atoms with Gasteiger partial charge in [0.15, 0.2) is 0 Å². The van der Waals surface area contributed by atoms with E-state index in [9.17, 15) is 0 Å². The fraction of sp³-hybridized carbons (Fsp3) is 0.536. The molecule has 0 aromatic heterocycles. The Labute approximate surface area is 418 Å². The SMILES string of the molecule is CC(=O)O.CC(=O)O.COc1cccc(OC)c1-c1ccccc1P(C1CCCCC1)C1CCCCC1.COc1cccc(OC)c1-c1ccccc1P(C1CCCCC1)C1CCCCC1.[Pd]. The Morgan fingerprint density at radius 2 is 0.627 bits per heavy atom. The molecular formula is C56H78O8P2Pd. The summed E-state index contributed by atoms with van der Waals surface area (Å²) >= 11 is 0. The molecule has 0 amide bonds. The minimum Gasteiger partial charge on any atom is -0.496 e. The molecule has 8 nitrogen and oxygen atoms in total. The molecule has 0 heterocycles. The molecule has 0 radical (unpaired) electrons. The van der Waals surface area contributed by atoms with Crippen LogP contribution in [-0.4, -0.2) is 73.2 Å². The van der Waals surface area contributed by atoms with Crippen molar-refractivity contribution in [1.82, 2.24) is 0 Å². The van der Waals surface area contributed by atoms with Crippen LogP contribution in [0.4, 0.5) is 0 Å². The molecule has 67 heavy (non-hydrogen) atoms. The van der Waals surface area contributed by atoms with Crippen LogP contribution in [0.2, 0.25) is 0 Å². The van der Waals surface area contributed by atoms with Crippen molar-refractivity contribution in [3.63, 3.8) is 0 Å². The summed E-state index contributed by atoms with van der Waals surface area (Å²) in [6.45, 7) is 2.17. The minimum absolute atomic E-state index is 0. The third-order valence-electron chi connectivity index (χ3n) is 13.6. The van der Waals surface area contributed by atoms with E-state index in [1.807, 2.05) is 12.1 Å². The van der Waals surface area contributed by atoms with Gasteiger partial charge in [0.1, 0.15) is 23.0 Å². The summed E-state index contributed by atoms with van der Waals surface area (Å²) in [5.74, 6) is 2.00. The average molecular weight is 1050 g/mol. The van der Waals surface area contributed by atoms with Crippen LogP contribution >= 0.6 is 15.8 Å². The number of benzene rings is 4. The van der Waals surface area contributed by atoms with Crippen LogP contribution in [0.1, 0.15) is 142 Å². The first-order chi connectivity index (χ1) is 32.1. The normalized spacial score (nSPS) is 17.0. The number of methoxy groups -OCH3 is 4. The van der Waals surface area contributed by atoms with Gasteiger partial charge in [0.2, 0.25) is 0 Å². The standard InChI is InChI=1S/2C26H35O2P.2C2H4O2.Pd/c2*1-27-23-17-11-18-24(28-2)26(23)22-16-9-10-19-25(22)29(20-12-5-3-6-13-20)21-14-7-4-8-15-21;2*1-2(3)4;/h2*9-11,16-21H,3-8,12-15H2,1-2H3;2*1H3,(H,3,4);. The molecule has 8 rings (SSSR count). The van der Waals surface area contributed by atoms with E-state index in [-0.39, 0.29) is 36.3 Å². The molecule has 0 saturated heterocycles. The van der Waals surface area contributed by atoms with E-state index in [0.717, 1.165) is 70.6 Å². The van der Waals surface area contributed by atoms with Crippen LogP contribution in [0.3, 0.4) is 0 Å². The zero-order valence-electron chi connectivity index (χ0n) is 41.1. The first kappa shape index (κ1) is 56.1. The molecule has 4 saturated carbocycles. The Morgan fingerprint density at radius 3 is 0.851 bits per heavy atom. The summed E-state index contributed by atoms with van der Waals surface area (Å²) in [6.07, 6.45) is 28.3. The second-order valence-corrected chi connectivity index (χ2v) is 23.6. The van der Waals surface area contributed by atoms with Gasteiger partial charge in [0.25, 0.3) is 11.9 Å². The maximum Gasteiger partial charge on any atom is 0.300 e. The van der Waals surface area contributed by atoms with Gasteiger partial charge >= 0.3 is 0 Å². The predicted molar refractivity (Wildman–Crippen MR) is 277 cm³/mol. The molecule has 4 aliphatic carbocycles. The molecule has 4 aromatic rings. The van der Waals surface area contributed by atoms with Gasteiger partial charge < -0.3 is 29.2 Å². The number of hydrogen-bond donors (Lipinski definition) is 2. The molecule has 4 fully saturated rings. The van der Waals surface area contributed by atoms with E-state index < -0.39 is 11.9 Å². The van der Waals surface area contributed by atoms with Crippen molar-refractivity contribution in [3.8, 4) is 45.3 Å². The second-order valence-electron chi connectivity index (χ2n) is 18.1. The number of carbonyl (C=O) groups is 2. The monoisotopic (exact) mass is 1050 g/mol. The van der Waals surface area contributed by atoms with Gasteiger partial charge in [-0.05, 0) is 120 Å². The molecule has 0 aliphatic heterocycles. The summed E-state index contributed by atoms with van der Waals surface area (Å²) in [4.78, 5) is 18.0. The summed E-state index contributed by atoms with van der Waals surface area (Å²) in [5.41, 5.74) is 8.45. The van der Waals surface area contributed by atoms with Crippen molar-refractivity contribution in [3.05, 3.63) is 84.9 Å². The van der Waals surface area contributed by atoms with Gasteiger partial charge in [-0.25, -0.2) is 0 Å². The molecule has 4 aromatic carbocycles.